The van der Waals surface area contributed by atoms with Gasteiger partial charge in [0, 0.05) is 29.5 Å². The van der Waals surface area contributed by atoms with E-state index in [1.165, 1.54) is 6.07 Å². The number of nitrogens with zero attached hydrogens (tertiary/aromatic N) is 1. The molecule has 1 aliphatic rings. The van der Waals surface area contributed by atoms with Crippen molar-refractivity contribution in [3.63, 3.8) is 0 Å². The Hall–Kier alpha value is -1.13. The number of halogens is 1. The first-order valence-corrected chi connectivity index (χ1v) is 7.05. The number of ether oxygens (including phenoxy) is 1. The summed E-state index contributed by atoms with van der Waals surface area (Å²) in [7, 11) is 0. The molecular formula is C14H18ClNO3. The molecule has 2 rings (SSSR count). The summed E-state index contributed by atoms with van der Waals surface area (Å²) in [4.78, 5) is 10.6. The molecule has 0 spiro atoms. The maximum Gasteiger partial charge on any atom is 0.272 e. The molecule has 1 saturated heterocycles. The predicted molar refractivity (Wildman–Crippen MR) is 74.6 cm³/mol. The van der Waals surface area contributed by atoms with Crippen molar-refractivity contribution in [2.75, 3.05) is 6.61 Å². The van der Waals surface area contributed by atoms with Gasteiger partial charge in [-0.05, 0) is 19.3 Å². The van der Waals surface area contributed by atoms with E-state index in [2.05, 4.69) is 6.92 Å². The van der Waals surface area contributed by atoms with Gasteiger partial charge in [0.1, 0.15) is 0 Å². The van der Waals surface area contributed by atoms with Gasteiger partial charge in [0.05, 0.1) is 11.0 Å². The average molecular weight is 284 g/mol. The molecule has 5 heteroatoms. The molecule has 0 bridgehead atoms. The van der Waals surface area contributed by atoms with E-state index in [9.17, 15) is 10.1 Å². The maximum atomic E-state index is 11.0. The second-order valence-corrected chi connectivity index (χ2v) is 5.44. The molecule has 1 aliphatic heterocycles. The normalized spacial score (nSPS) is 24.3. The van der Waals surface area contributed by atoms with Crippen LogP contribution in [-0.2, 0) is 11.2 Å². The molecule has 104 valence electrons. The van der Waals surface area contributed by atoms with Gasteiger partial charge in [0.15, 0.2) is 0 Å². The van der Waals surface area contributed by atoms with Gasteiger partial charge >= 0.3 is 0 Å². The van der Waals surface area contributed by atoms with Gasteiger partial charge in [0.2, 0.25) is 0 Å². The van der Waals surface area contributed by atoms with Gasteiger partial charge in [-0.15, -0.1) is 11.6 Å². The number of benzene rings is 1. The van der Waals surface area contributed by atoms with Crippen LogP contribution in [0.1, 0.15) is 25.3 Å². The third-order valence-electron chi connectivity index (χ3n) is 3.73. The quantitative estimate of drug-likeness (QED) is 0.472. The summed E-state index contributed by atoms with van der Waals surface area (Å²) < 4.78 is 5.63. The zero-order valence-electron chi connectivity index (χ0n) is 10.9. The van der Waals surface area contributed by atoms with Gasteiger partial charge in [-0.3, -0.25) is 10.1 Å². The van der Waals surface area contributed by atoms with E-state index in [-0.39, 0.29) is 28.0 Å². The smallest absolute Gasteiger partial charge is 0.272 e. The molecule has 0 aliphatic carbocycles. The van der Waals surface area contributed by atoms with Gasteiger partial charge in [-0.1, -0.05) is 25.1 Å². The summed E-state index contributed by atoms with van der Waals surface area (Å²) in [5.41, 5.74) is 0.856. The maximum absolute atomic E-state index is 11.0. The molecular weight excluding hydrogens is 266 g/mol. The van der Waals surface area contributed by atoms with E-state index in [4.69, 9.17) is 16.3 Å². The minimum atomic E-state index is -0.346. The van der Waals surface area contributed by atoms with Crippen LogP contribution in [-0.4, -0.2) is 23.0 Å². The first kappa shape index (κ1) is 14.3. The Bertz CT molecular complexity index is 452. The summed E-state index contributed by atoms with van der Waals surface area (Å²) in [6.45, 7) is 2.82. The number of nitro groups is 1. The van der Waals surface area contributed by atoms with Crippen LogP contribution in [0.5, 0.6) is 0 Å². The Morgan fingerprint density at radius 1 is 1.53 bits per heavy atom. The average Bonchev–Trinajstić information content (AvgIpc) is 2.87. The molecule has 0 N–H and O–H groups in total. The summed E-state index contributed by atoms with van der Waals surface area (Å²) in [5.74, 6) is 0.284. The lowest BCUT2D eigenvalue weighted by molar-refractivity contribution is -0.385. The standard InChI is InChI=1S/C14H18ClNO3/c1-2-14-11(7-8-19-14)12(15)9-10-5-3-4-6-13(10)16(17)18/h3-6,11-12,14H,2,7-9H2,1H3. The van der Waals surface area contributed by atoms with Crippen molar-refractivity contribution in [1.29, 1.82) is 0 Å². The zero-order chi connectivity index (χ0) is 13.8. The van der Waals surface area contributed by atoms with Crippen LogP contribution >= 0.6 is 11.6 Å². The van der Waals surface area contributed by atoms with Gasteiger partial charge in [-0.2, -0.15) is 0 Å². The number of hydrogen-bond donors (Lipinski definition) is 0. The fourth-order valence-corrected chi connectivity index (χ4v) is 3.18. The van der Waals surface area contributed by atoms with Gasteiger partial charge in [-0.25, -0.2) is 0 Å². The molecule has 0 aromatic heterocycles. The Kier molecular flexibility index (Phi) is 4.77. The van der Waals surface area contributed by atoms with Crippen LogP contribution in [0.25, 0.3) is 0 Å². The van der Waals surface area contributed by atoms with Crippen LogP contribution in [0.4, 0.5) is 5.69 Å². The third-order valence-corrected chi connectivity index (χ3v) is 4.21. The van der Waals surface area contributed by atoms with Crippen LogP contribution < -0.4 is 0 Å². The molecule has 19 heavy (non-hydrogen) atoms. The number of alkyl halides is 1. The molecule has 0 radical (unpaired) electrons. The highest BCUT2D eigenvalue weighted by Crippen LogP contribution is 2.32. The lowest BCUT2D eigenvalue weighted by atomic mass is 9.91. The third kappa shape index (κ3) is 3.25. The molecule has 3 unspecified atom stereocenters. The predicted octanol–water partition coefficient (Wildman–Crippen LogP) is 3.56. The highest BCUT2D eigenvalue weighted by atomic mass is 35.5. The summed E-state index contributed by atoms with van der Waals surface area (Å²) >= 11 is 6.47. The lowest BCUT2D eigenvalue weighted by Crippen LogP contribution is -2.25. The fraction of sp³-hybridized carbons (Fsp3) is 0.571. The second kappa shape index (κ2) is 6.35. The first-order chi connectivity index (χ1) is 9.13. The van der Waals surface area contributed by atoms with Crippen LogP contribution in [0.15, 0.2) is 24.3 Å². The first-order valence-electron chi connectivity index (χ1n) is 6.61. The molecule has 0 amide bonds. The summed E-state index contributed by atoms with van der Waals surface area (Å²) in [6.07, 6.45) is 2.58. The topological polar surface area (TPSA) is 52.4 Å². The van der Waals surface area contributed by atoms with Crippen LogP contribution in [0.3, 0.4) is 0 Å². The SMILES string of the molecule is CCC1OCCC1C(Cl)Cc1ccccc1[N+](=O)[O-]. The number of hydrogen-bond acceptors (Lipinski definition) is 3. The van der Waals surface area contributed by atoms with E-state index < -0.39 is 0 Å². The van der Waals surface area contributed by atoms with Crippen molar-refractivity contribution in [3.05, 3.63) is 39.9 Å². The molecule has 3 atom stereocenters. The molecule has 1 aromatic carbocycles. The van der Waals surface area contributed by atoms with E-state index in [0.717, 1.165) is 19.4 Å². The van der Waals surface area contributed by atoms with Crippen molar-refractivity contribution >= 4 is 17.3 Å². The van der Waals surface area contributed by atoms with Crippen molar-refractivity contribution in [2.24, 2.45) is 5.92 Å². The van der Waals surface area contributed by atoms with Crippen molar-refractivity contribution in [2.45, 2.75) is 37.7 Å². The Morgan fingerprint density at radius 2 is 2.26 bits per heavy atom. The monoisotopic (exact) mass is 283 g/mol. The fourth-order valence-electron chi connectivity index (χ4n) is 2.72. The minimum Gasteiger partial charge on any atom is -0.378 e. The van der Waals surface area contributed by atoms with E-state index in [1.54, 1.807) is 12.1 Å². The van der Waals surface area contributed by atoms with Crippen LogP contribution in [0, 0.1) is 16.0 Å². The molecule has 0 saturated carbocycles. The van der Waals surface area contributed by atoms with E-state index in [0.29, 0.717) is 12.0 Å². The van der Waals surface area contributed by atoms with Crippen molar-refractivity contribution in [3.8, 4) is 0 Å². The van der Waals surface area contributed by atoms with E-state index in [1.807, 2.05) is 6.07 Å². The Morgan fingerprint density at radius 3 is 2.95 bits per heavy atom. The number of rotatable bonds is 5. The largest absolute Gasteiger partial charge is 0.378 e. The second-order valence-electron chi connectivity index (χ2n) is 4.88. The Balaban J connectivity index is 2.10. The lowest BCUT2D eigenvalue weighted by Gasteiger charge is -2.22. The Labute approximate surface area is 117 Å². The number of para-hydroxylation sites is 1. The van der Waals surface area contributed by atoms with Gasteiger partial charge < -0.3 is 4.74 Å². The summed E-state index contributed by atoms with van der Waals surface area (Å²) in [6, 6.07) is 6.80. The van der Waals surface area contributed by atoms with Gasteiger partial charge in [0.25, 0.3) is 5.69 Å². The highest BCUT2D eigenvalue weighted by Gasteiger charge is 2.33. The van der Waals surface area contributed by atoms with E-state index >= 15 is 0 Å². The minimum absolute atomic E-state index is 0.117. The summed E-state index contributed by atoms with van der Waals surface area (Å²) in [5, 5.41) is 10.9. The van der Waals surface area contributed by atoms with Crippen LogP contribution in [0.2, 0.25) is 0 Å². The molecule has 1 heterocycles. The van der Waals surface area contributed by atoms with Crippen molar-refractivity contribution < 1.29 is 9.66 Å². The number of nitro benzene ring substituents is 1. The molecule has 1 fully saturated rings. The highest BCUT2D eigenvalue weighted by molar-refractivity contribution is 6.21. The molecule has 1 aromatic rings. The zero-order valence-corrected chi connectivity index (χ0v) is 11.7. The van der Waals surface area contributed by atoms with Crippen molar-refractivity contribution in [1.82, 2.24) is 0 Å². The molecule has 4 nitrogen and oxygen atoms in total.